The average Bonchev–Trinajstić information content (AvgIpc) is 2.88. The monoisotopic (exact) mass is 371 g/mol. The Hall–Kier alpha value is -1.74. The molecule has 1 amide bonds. The van der Waals surface area contributed by atoms with E-state index in [1.165, 1.54) is 11.0 Å². The Labute approximate surface area is 147 Å². The van der Waals surface area contributed by atoms with Gasteiger partial charge in [0.1, 0.15) is 5.82 Å². The van der Waals surface area contributed by atoms with Crippen LogP contribution < -0.4 is 15.1 Å². The number of carbonyl (C=O) groups is 1. The summed E-state index contributed by atoms with van der Waals surface area (Å²) in [5.74, 6) is 0.684. The van der Waals surface area contributed by atoms with Crippen molar-refractivity contribution < 1.29 is 18.1 Å². The summed E-state index contributed by atoms with van der Waals surface area (Å²) < 4.78 is 31.1. The summed E-state index contributed by atoms with van der Waals surface area (Å²) in [4.78, 5) is 15.7. The second-order valence-corrected chi connectivity index (χ2v) is 7.96. The van der Waals surface area contributed by atoms with Crippen LogP contribution in [0.15, 0.2) is 18.2 Å². The lowest BCUT2D eigenvalue weighted by molar-refractivity contribution is 0.135. The number of hydrogen-bond acceptors (Lipinski definition) is 5. The SMILES string of the molecule is CC(=S)NC1CN(c2ccc(N3CCS(=O)CC3)c(F)c2)C(=O)O1. The molecular formula is C15H18FN3O3S2. The van der Waals surface area contributed by atoms with Crippen molar-refractivity contribution in [2.24, 2.45) is 0 Å². The van der Waals surface area contributed by atoms with Gasteiger partial charge in [-0.15, -0.1) is 0 Å². The van der Waals surface area contributed by atoms with Gasteiger partial charge in [-0.05, 0) is 25.1 Å². The number of hydrogen-bond donors (Lipinski definition) is 1. The van der Waals surface area contributed by atoms with E-state index >= 15 is 0 Å². The van der Waals surface area contributed by atoms with Gasteiger partial charge in [0.15, 0.2) is 6.23 Å². The molecule has 9 heteroatoms. The zero-order chi connectivity index (χ0) is 17.3. The quantitative estimate of drug-likeness (QED) is 0.815. The van der Waals surface area contributed by atoms with Crippen LogP contribution in [-0.4, -0.2) is 52.7 Å². The minimum atomic E-state index is -0.812. The molecule has 130 valence electrons. The number of thiocarbonyl (C=S) groups is 1. The molecule has 1 N–H and O–H groups in total. The van der Waals surface area contributed by atoms with Crippen LogP contribution in [0.3, 0.4) is 0 Å². The molecule has 0 radical (unpaired) electrons. The normalized spacial score (nSPS) is 21.8. The minimum absolute atomic E-state index is 0.258. The Morgan fingerprint density at radius 1 is 1.42 bits per heavy atom. The van der Waals surface area contributed by atoms with Crippen LogP contribution in [0.2, 0.25) is 0 Å². The molecular weight excluding hydrogens is 353 g/mol. The van der Waals surface area contributed by atoms with Crippen molar-refractivity contribution in [1.29, 1.82) is 0 Å². The highest BCUT2D eigenvalue weighted by Crippen LogP contribution is 2.28. The number of nitrogens with zero attached hydrogens (tertiary/aromatic N) is 2. The fraction of sp³-hybridized carbons (Fsp3) is 0.467. The van der Waals surface area contributed by atoms with Crippen LogP contribution in [0.5, 0.6) is 0 Å². The summed E-state index contributed by atoms with van der Waals surface area (Å²) in [6, 6.07) is 4.67. The van der Waals surface area contributed by atoms with Crippen LogP contribution in [-0.2, 0) is 15.5 Å². The summed E-state index contributed by atoms with van der Waals surface area (Å²) in [7, 11) is -0.812. The van der Waals surface area contributed by atoms with E-state index in [0.29, 0.717) is 41.0 Å². The number of rotatable bonds is 3. The maximum atomic E-state index is 14.5. The second kappa shape index (κ2) is 7.02. The van der Waals surface area contributed by atoms with Gasteiger partial charge in [0, 0.05) is 35.4 Å². The maximum absolute atomic E-state index is 14.5. The molecule has 24 heavy (non-hydrogen) atoms. The standard InChI is InChI=1S/C15H18FN3O3S2/c1-10(23)17-14-9-19(15(20)22-14)11-2-3-13(12(16)8-11)18-4-6-24(21)7-5-18/h2-3,8,14H,4-7,9H2,1H3,(H,17,23). The van der Waals surface area contributed by atoms with Gasteiger partial charge in [0.2, 0.25) is 0 Å². The van der Waals surface area contributed by atoms with Gasteiger partial charge in [0.05, 0.1) is 22.9 Å². The van der Waals surface area contributed by atoms with Crippen LogP contribution in [0.25, 0.3) is 0 Å². The second-order valence-electron chi connectivity index (χ2n) is 5.65. The third-order valence-electron chi connectivity index (χ3n) is 3.94. The number of nitrogens with one attached hydrogen (secondary N) is 1. The molecule has 0 aliphatic carbocycles. The number of amides is 1. The van der Waals surface area contributed by atoms with Crippen molar-refractivity contribution in [2.45, 2.75) is 13.2 Å². The van der Waals surface area contributed by atoms with Crippen molar-refractivity contribution in [3.05, 3.63) is 24.0 Å². The van der Waals surface area contributed by atoms with Crippen LogP contribution in [0.1, 0.15) is 6.92 Å². The molecule has 1 unspecified atom stereocenters. The Bertz CT molecular complexity index is 691. The van der Waals surface area contributed by atoms with Gasteiger partial charge >= 0.3 is 6.09 Å². The molecule has 1 aromatic rings. The molecule has 2 saturated heterocycles. The van der Waals surface area contributed by atoms with Gasteiger partial charge in [0.25, 0.3) is 0 Å². The summed E-state index contributed by atoms with van der Waals surface area (Å²) in [5.41, 5.74) is 0.903. The number of carbonyl (C=O) groups excluding carboxylic acids is 1. The van der Waals surface area contributed by atoms with Crippen molar-refractivity contribution in [2.75, 3.05) is 40.9 Å². The molecule has 0 aromatic heterocycles. The van der Waals surface area contributed by atoms with Crippen LogP contribution in [0, 0.1) is 5.82 Å². The third kappa shape index (κ3) is 3.67. The number of anilines is 2. The number of ether oxygens (including phenoxy) is 1. The average molecular weight is 371 g/mol. The minimum Gasteiger partial charge on any atom is -0.423 e. The van der Waals surface area contributed by atoms with E-state index in [4.69, 9.17) is 17.0 Å². The zero-order valence-corrected chi connectivity index (χ0v) is 14.8. The molecule has 1 aromatic carbocycles. The molecule has 2 fully saturated rings. The van der Waals surface area contributed by atoms with Gasteiger partial charge in [-0.2, -0.15) is 0 Å². The third-order valence-corrected chi connectivity index (χ3v) is 5.33. The zero-order valence-electron chi connectivity index (χ0n) is 13.2. The lowest BCUT2D eigenvalue weighted by Crippen LogP contribution is -2.38. The van der Waals surface area contributed by atoms with E-state index in [0.717, 1.165) is 0 Å². The molecule has 1 atom stereocenters. The van der Waals surface area contributed by atoms with Gasteiger partial charge in [-0.3, -0.25) is 9.11 Å². The summed E-state index contributed by atoms with van der Waals surface area (Å²) >= 11 is 4.94. The summed E-state index contributed by atoms with van der Waals surface area (Å²) in [6.07, 6.45) is -1.07. The molecule has 3 rings (SSSR count). The summed E-state index contributed by atoms with van der Waals surface area (Å²) in [5, 5.41) is 2.87. The molecule has 0 bridgehead atoms. The van der Waals surface area contributed by atoms with E-state index in [1.807, 2.05) is 4.90 Å². The molecule has 2 aliphatic rings. The lowest BCUT2D eigenvalue weighted by Gasteiger charge is -2.29. The van der Waals surface area contributed by atoms with Crippen LogP contribution >= 0.6 is 12.2 Å². The first-order valence-electron chi connectivity index (χ1n) is 7.59. The Kier molecular flexibility index (Phi) is 5.00. The number of halogens is 1. The van der Waals surface area contributed by atoms with Crippen molar-refractivity contribution in [3.8, 4) is 0 Å². The highest BCUT2D eigenvalue weighted by Gasteiger charge is 2.33. The van der Waals surface area contributed by atoms with Crippen molar-refractivity contribution >= 4 is 45.5 Å². The molecule has 2 heterocycles. The van der Waals surface area contributed by atoms with Gasteiger partial charge < -0.3 is 15.0 Å². The molecule has 0 saturated carbocycles. The van der Waals surface area contributed by atoms with E-state index in [2.05, 4.69) is 5.32 Å². The first kappa shape index (κ1) is 17.1. The summed E-state index contributed by atoms with van der Waals surface area (Å²) in [6.45, 7) is 3.09. The van der Waals surface area contributed by atoms with Crippen molar-refractivity contribution in [1.82, 2.24) is 5.32 Å². The Morgan fingerprint density at radius 3 is 2.75 bits per heavy atom. The predicted octanol–water partition coefficient (Wildman–Crippen LogP) is 1.61. The Morgan fingerprint density at radius 2 is 2.12 bits per heavy atom. The predicted molar refractivity (Wildman–Crippen MR) is 95.5 cm³/mol. The van der Waals surface area contributed by atoms with E-state index in [-0.39, 0.29) is 6.54 Å². The van der Waals surface area contributed by atoms with Gasteiger partial charge in [-0.25, -0.2) is 9.18 Å². The molecule has 0 spiro atoms. The fourth-order valence-corrected chi connectivity index (χ4v) is 3.96. The number of cyclic esters (lactones) is 1. The van der Waals surface area contributed by atoms with Crippen LogP contribution in [0.4, 0.5) is 20.6 Å². The molecule has 6 nitrogen and oxygen atoms in total. The molecule has 2 aliphatic heterocycles. The first-order chi connectivity index (χ1) is 11.4. The fourth-order valence-electron chi connectivity index (χ4n) is 2.77. The van der Waals surface area contributed by atoms with E-state index < -0.39 is 28.9 Å². The van der Waals surface area contributed by atoms with E-state index in [9.17, 15) is 13.4 Å². The topological polar surface area (TPSA) is 61.9 Å². The van der Waals surface area contributed by atoms with Gasteiger partial charge in [-0.1, -0.05) is 12.2 Å². The maximum Gasteiger partial charge on any atom is 0.416 e. The smallest absolute Gasteiger partial charge is 0.416 e. The van der Waals surface area contributed by atoms with E-state index in [1.54, 1.807) is 19.1 Å². The highest BCUT2D eigenvalue weighted by molar-refractivity contribution is 7.85. The largest absolute Gasteiger partial charge is 0.423 e. The number of benzene rings is 1. The first-order valence-corrected chi connectivity index (χ1v) is 9.48. The van der Waals surface area contributed by atoms with Crippen molar-refractivity contribution in [3.63, 3.8) is 0 Å². The Balaban J connectivity index is 1.74. The lowest BCUT2D eigenvalue weighted by atomic mass is 10.2. The highest BCUT2D eigenvalue weighted by atomic mass is 32.2.